The van der Waals surface area contributed by atoms with Crippen molar-refractivity contribution in [3.05, 3.63) is 16.4 Å². The molecule has 0 bridgehead atoms. The molecule has 0 atom stereocenters. The van der Waals surface area contributed by atoms with Gasteiger partial charge in [-0.05, 0) is 36.2 Å². The highest BCUT2D eigenvalue weighted by Crippen LogP contribution is 2.13. The van der Waals surface area contributed by atoms with Crippen LogP contribution in [0.4, 0.5) is 0 Å². The molecule has 1 aromatic rings. The van der Waals surface area contributed by atoms with Gasteiger partial charge in [0.05, 0.1) is 6.54 Å². The van der Waals surface area contributed by atoms with E-state index in [-0.39, 0.29) is 10.6 Å². The highest BCUT2D eigenvalue weighted by atomic mass is 35.5. The summed E-state index contributed by atoms with van der Waals surface area (Å²) < 4.78 is 0. The lowest BCUT2D eigenvalue weighted by molar-refractivity contribution is 0.524. The van der Waals surface area contributed by atoms with Gasteiger partial charge < -0.3 is 5.32 Å². The largest absolute Gasteiger partial charge is 0.310 e. The molecule has 0 aliphatic carbocycles. The Bertz CT molecular complexity index is 465. The van der Waals surface area contributed by atoms with E-state index in [2.05, 4.69) is 27.2 Å². The van der Waals surface area contributed by atoms with Crippen molar-refractivity contribution in [2.45, 2.75) is 116 Å². The molecule has 1 rings (SSSR count). The van der Waals surface area contributed by atoms with Gasteiger partial charge in [0.15, 0.2) is 0 Å². The summed E-state index contributed by atoms with van der Waals surface area (Å²) >= 11 is 11.5. The van der Waals surface area contributed by atoms with Gasteiger partial charge >= 0.3 is 0 Å². The topological polar surface area (TPSA) is 50.7 Å². The van der Waals surface area contributed by atoms with Crippen molar-refractivity contribution < 1.29 is 0 Å². The van der Waals surface area contributed by atoms with Crippen LogP contribution in [0.2, 0.25) is 10.6 Å². The quantitative estimate of drug-likeness (QED) is 0.230. The SMILES string of the molecule is CCCCCCCCCCCCCCCCCCNCc1nc(Cl)nc(Cl)n1. The van der Waals surface area contributed by atoms with E-state index in [9.17, 15) is 0 Å². The van der Waals surface area contributed by atoms with Gasteiger partial charge in [-0.3, -0.25) is 0 Å². The smallest absolute Gasteiger partial charge is 0.226 e. The summed E-state index contributed by atoms with van der Waals surface area (Å²) in [5, 5.41) is 3.64. The molecule has 0 radical (unpaired) electrons. The Balaban J connectivity index is 1.76. The van der Waals surface area contributed by atoms with Crippen molar-refractivity contribution in [1.82, 2.24) is 20.3 Å². The van der Waals surface area contributed by atoms with Gasteiger partial charge in [-0.1, -0.05) is 103 Å². The molecule has 0 unspecified atom stereocenters. The summed E-state index contributed by atoms with van der Waals surface area (Å²) in [7, 11) is 0. The van der Waals surface area contributed by atoms with Crippen LogP contribution < -0.4 is 5.32 Å². The van der Waals surface area contributed by atoms with Gasteiger partial charge in [-0.15, -0.1) is 0 Å². The molecule has 0 aliphatic heterocycles. The van der Waals surface area contributed by atoms with Crippen LogP contribution >= 0.6 is 23.2 Å². The second-order valence-corrected chi connectivity index (χ2v) is 8.45. The van der Waals surface area contributed by atoms with Gasteiger partial charge in [-0.2, -0.15) is 4.98 Å². The Hall–Kier alpha value is -0.450. The van der Waals surface area contributed by atoms with E-state index < -0.39 is 0 Å². The first-order valence-corrected chi connectivity index (χ1v) is 12.2. The summed E-state index contributed by atoms with van der Waals surface area (Å²) in [5.74, 6) is 0.599. The van der Waals surface area contributed by atoms with Gasteiger partial charge in [0.2, 0.25) is 10.6 Å². The lowest BCUT2D eigenvalue weighted by atomic mass is 10.0. The average molecular weight is 431 g/mol. The Labute approximate surface area is 182 Å². The normalized spacial score (nSPS) is 11.2. The Morgan fingerprint density at radius 2 is 0.964 bits per heavy atom. The van der Waals surface area contributed by atoms with Crippen molar-refractivity contribution in [2.24, 2.45) is 0 Å². The first kappa shape index (κ1) is 25.6. The van der Waals surface area contributed by atoms with E-state index in [0.29, 0.717) is 12.4 Å². The molecule has 0 saturated carbocycles. The standard InChI is InChI=1S/C22H40Cl2N4/c1-2-3-4-5-6-7-8-9-10-11-12-13-14-15-16-17-18-25-19-20-26-21(23)28-22(24)27-20/h25H,2-19H2,1H3. The summed E-state index contributed by atoms with van der Waals surface area (Å²) in [4.78, 5) is 11.8. The van der Waals surface area contributed by atoms with Gasteiger partial charge in [-0.25, -0.2) is 9.97 Å². The third-order valence-electron chi connectivity index (χ3n) is 5.12. The molecule has 0 fully saturated rings. The molecule has 0 aliphatic rings. The number of hydrogen-bond donors (Lipinski definition) is 1. The number of halogens is 2. The number of nitrogens with one attached hydrogen (secondary N) is 1. The van der Waals surface area contributed by atoms with Gasteiger partial charge in [0, 0.05) is 0 Å². The van der Waals surface area contributed by atoms with Gasteiger partial charge in [0.1, 0.15) is 5.82 Å². The van der Waals surface area contributed by atoms with Crippen molar-refractivity contribution in [3.63, 3.8) is 0 Å². The number of rotatable bonds is 19. The molecule has 0 saturated heterocycles. The maximum absolute atomic E-state index is 5.76. The van der Waals surface area contributed by atoms with E-state index in [1.807, 2.05) is 0 Å². The number of unbranched alkanes of at least 4 members (excludes halogenated alkanes) is 15. The monoisotopic (exact) mass is 430 g/mol. The van der Waals surface area contributed by atoms with Crippen molar-refractivity contribution in [3.8, 4) is 0 Å². The molecule has 28 heavy (non-hydrogen) atoms. The molecule has 1 aromatic heterocycles. The first-order chi connectivity index (χ1) is 13.7. The van der Waals surface area contributed by atoms with E-state index in [0.717, 1.165) is 6.54 Å². The van der Waals surface area contributed by atoms with Crippen molar-refractivity contribution in [2.75, 3.05) is 6.54 Å². The number of aromatic nitrogens is 3. The van der Waals surface area contributed by atoms with Crippen LogP contribution in [-0.4, -0.2) is 21.5 Å². The van der Waals surface area contributed by atoms with Crippen LogP contribution in [0.25, 0.3) is 0 Å². The summed E-state index contributed by atoms with van der Waals surface area (Å²) in [6.07, 6.45) is 22.3. The molecule has 1 heterocycles. The van der Waals surface area contributed by atoms with Crippen LogP contribution in [0.5, 0.6) is 0 Å². The fourth-order valence-corrected chi connectivity index (χ4v) is 3.84. The molecular weight excluding hydrogens is 391 g/mol. The maximum atomic E-state index is 5.76. The molecule has 0 amide bonds. The third kappa shape index (κ3) is 15.5. The average Bonchev–Trinajstić information content (AvgIpc) is 2.66. The Kier molecular flexibility index (Phi) is 17.0. The van der Waals surface area contributed by atoms with Crippen molar-refractivity contribution >= 4 is 23.2 Å². The summed E-state index contributed by atoms with van der Waals surface area (Å²) in [6, 6.07) is 0. The zero-order chi connectivity index (χ0) is 20.3. The highest BCUT2D eigenvalue weighted by molar-refractivity contribution is 6.30. The fraction of sp³-hybridized carbons (Fsp3) is 0.864. The summed E-state index contributed by atoms with van der Waals surface area (Å²) in [6.45, 7) is 3.84. The van der Waals surface area contributed by atoms with Crippen LogP contribution in [0.15, 0.2) is 0 Å². The molecule has 162 valence electrons. The van der Waals surface area contributed by atoms with Crippen LogP contribution in [0.3, 0.4) is 0 Å². The van der Waals surface area contributed by atoms with Crippen LogP contribution in [0, 0.1) is 0 Å². The van der Waals surface area contributed by atoms with E-state index in [1.165, 1.54) is 103 Å². The maximum Gasteiger partial charge on any atom is 0.226 e. The molecular formula is C22H40Cl2N4. The molecule has 0 spiro atoms. The minimum absolute atomic E-state index is 0.152. The lowest BCUT2D eigenvalue weighted by Crippen LogP contribution is -2.17. The minimum Gasteiger partial charge on any atom is -0.310 e. The second-order valence-electron chi connectivity index (χ2n) is 7.77. The van der Waals surface area contributed by atoms with E-state index in [4.69, 9.17) is 23.2 Å². The third-order valence-corrected chi connectivity index (χ3v) is 5.46. The van der Waals surface area contributed by atoms with Gasteiger partial charge in [0.25, 0.3) is 0 Å². The summed E-state index contributed by atoms with van der Waals surface area (Å²) in [5.41, 5.74) is 0. The Morgan fingerprint density at radius 3 is 1.39 bits per heavy atom. The van der Waals surface area contributed by atoms with Crippen LogP contribution in [-0.2, 0) is 6.54 Å². The highest BCUT2D eigenvalue weighted by Gasteiger charge is 2.02. The lowest BCUT2D eigenvalue weighted by Gasteiger charge is -2.05. The molecule has 4 nitrogen and oxygen atoms in total. The fourth-order valence-electron chi connectivity index (χ4n) is 3.44. The van der Waals surface area contributed by atoms with Crippen LogP contribution in [0.1, 0.15) is 115 Å². The molecule has 1 N–H and O–H groups in total. The zero-order valence-corrected chi connectivity index (χ0v) is 19.3. The first-order valence-electron chi connectivity index (χ1n) is 11.5. The Morgan fingerprint density at radius 1 is 0.571 bits per heavy atom. The zero-order valence-electron chi connectivity index (χ0n) is 17.8. The minimum atomic E-state index is 0.152. The molecule has 0 aromatic carbocycles. The number of nitrogens with zero attached hydrogens (tertiary/aromatic N) is 3. The number of hydrogen-bond acceptors (Lipinski definition) is 4. The second kappa shape index (κ2) is 18.6. The predicted octanol–water partition coefficient (Wildman–Crippen LogP) is 7.53. The molecule has 6 heteroatoms. The predicted molar refractivity (Wildman–Crippen MR) is 121 cm³/mol. The van der Waals surface area contributed by atoms with E-state index in [1.54, 1.807) is 0 Å². The van der Waals surface area contributed by atoms with Crippen molar-refractivity contribution in [1.29, 1.82) is 0 Å². The van der Waals surface area contributed by atoms with E-state index >= 15 is 0 Å².